The molecule has 1 aliphatic rings. The van der Waals surface area contributed by atoms with E-state index in [1.807, 2.05) is 0 Å². The molecule has 1 aliphatic heterocycles. The number of ether oxygens (including phenoxy) is 3. The predicted octanol–water partition coefficient (Wildman–Crippen LogP) is 2.37. The lowest BCUT2D eigenvalue weighted by atomic mass is 10.2. The van der Waals surface area contributed by atoms with Gasteiger partial charge in [-0.25, -0.2) is 9.78 Å². The molecule has 28 heavy (non-hydrogen) atoms. The molecule has 1 aromatic carbocycles. The average Bonchev–Trinajstić information content (AvgIpc) is 3.34. The highest BCUT2D eigenvalue weighted by Gasteiger charge is 2.16. The van der Waals surface area contributed by atoms with Crippen molar-refractivity contribution in [3.63, 3.8) is 0 Å². The van der Waals surface area contributed by atoms with Gasteiger partial charge in [-0.05, 0) is 44.0 Å². The predicted molar refractivity (Wildman–Crippen MR) is 102 cm³/mol. The van der Waals surface area contributed by atoms with E-state index in [0.717, 1.165) is 19.4 Å². The van der Waals surface area contributed by atoms with E-state index >= 15 is 0 Å². The zero-order valence-electron chi connectivity index (χ0n) is 15.3. The molecule has 2 aromatic heterocycles. The van der Waals surface area contributed by atoms with E-state index in [1.165, 1.54) is 21.9 Å². The molecule has 1 saturated heterocycles. The van der Waals surface area contributed by atoms with E-state index in [2.05, 4.69) is 10.1 Å². The van der Waals surface area contributed by atoms with Gasteiger partial charge in [0.15, 0.2) is 5.01 Å². The van der Waals surface area contributed by atoms with Crippen molar-refractivity contribution in [2.24, 2.45) is 0 Å². The maximum absolute atomic E-state index is 12.2. The Morgan fingerprint density at radius 2 is 2.18 bits per heavy atom. The zero-order chi connectivity index (χ0) is 19.5. The third-order valence-electron chi connectivity index (χ3n) is 4.29. The van der Waals surface area contributed by atoms with Crippen molar-refractivity contribution >= 4 is 22.3 Å². The highest BCUT2D eigenvalue weighted by Crippen LogP contribution is 2.18. The lowest BCUT2D eigenvalue weighted by Crippen LogP contribution is -2.16. The van der Waals surface area contributed by atoms with Crippen LogP contribution >= 0.6 is 11.3 Å². The van der Waals surface area contributed by atoms with E-state index < -0.39 is 5.97 Å². The molecule has 9 heteroatoms. The molecule has 146 valence electrons. The summed E-state index contributed by atoms with van der Waals surface area (Å²) in [5, 5.41) is 4.65. The fraction of sp³-hybridized carbons (Fsp3) is 0.368. The van der Waals surface area contributed by atoms with Gasteiger partial charge in [0.2, 0.25) is 4.96 Å². The van der Waals surface area contributed by atoms with Gasteiger partial charge >= 0.3 is 5.97 Å². The van der Waals surface area contributed by atoms with Gasteiger partial charge < -0.3 is 14.2 Å². The summed E-state index contributed by atoms with van der Waals surface area (Å²) in [4.78, 5) is 28.9. The van der Waals surface area contributed by atoms with Crippen molar-refractivity contribution in [1.82, 2.24) is 14.6 Å². The molecule has 0 saturated carbocycles. The molecule has 1 atom stereocenters. The topological polar surface area (TPSA) is 92.0 Å². The Bertz CT molecular complexity index is 1040. The Morgan fingerprint density at radius 3 is 2.93 bits per heavy atom. The molecule has 0 amide bonds. The van der Waals surface area contributed by atoms with Gasteiger partial charge in [-0.2, -0.15) is 9.61 Å². The molecular weight excluding hydrogens is 382 g/mol. The number of rotatable bonds is 6. The minimum atomic E-state index is -0.471. The maximum Gasteiger partial charge on any atom is 0.338 e. The zero-order valence-corrected chi connectivity index (χ0v) is 16.1. The summed E-state index contributed by atoms with van der Waals surface area (Å²) in [7, 11) is 0. The molecule has 8 nitrogen and oxygen atoms in total. The van der Waals surface area contributed by atoms with Gasteiger partial charge in [0.25, 0.3) is 5.56 Å². The van der Waals surface area contributed by atoms with Gasteiger partial charge in [0, 0.05) is 18.4 Å². The van der Waals surface area contributed by atoms with Crippen LogP contribution in [0.5, 0.6) is 5.75 Å². The van der Waals surface area contributed by atoms with Crippen LogP contribution in [0.2, 0.25) is 0 Å². The first-order valence-corrected chi connectivity index (χ1v) is 9.78. The molecule has 4 rings (SSSR count). The van der Waals surface area contributed by atoms with Gasteiger partial charge in [0.05, 0.1) is 11.7 Å². The van der Waals surface area contributed by atoms with Gasteiger partial charge in [0.1, 0.15) is 19.0 Å². The van der Waals surface area contributed by atoms with Crippen LogP contribution in [0.3, 0.4) is 0 Å². The summed E-state index contributed by atoms with van der Waals surface area (Å²) in [6.07, 6.45) is 2.22. The van der Waals surface area contributed by atoms with E-state index in [4.69, 9.17) is 14.2 Å². The third-order valence-corrected chi connectivity index (χ3v) is 5.17. The lowest BCUT2D eigenvalue weighted by Gasteiger charge is -2.11. The Labute approximate surface area is 164 Å². The average molecular weight is 401 g/mol. The van der Waals surface area contributed by atoms with E-state index in [1.54, 1.807) is 31.2 Å². The summed E-state index contributed by atoms with van der Waals surface area (Å²) in [5.74, 6) is 0.209. The van der Waals surface area contributed by atoms with E-state index in [-0.39, 0.29) is 18.3 Å². The Balaban J connectivity index is 1.34. The SMILES string of the molecule is Cc1cc(=O)n2nc(COC(=O)c3ccc(OCC4CCCO4)cc3)sc2n1. The minimum absolute atomic E-state index is 0.0252. The highest BCUT2D eigenvalue weighted by molar-refractivity contribution is 7.16. The fourth-order valence-electron chi connectivity index (χ4n) is 2.88. The van der Waals surface area contributed by atoms with Crippen molar-refractivity contribution in [3.8, 4) is 5.75 Å². The molecule has 0 N–H and O–H groups in total. The molecule has 3 heterocycles. The smallest absolute Gasteiger partial charge is 0.338 e. The molecule has 0 aliphatic carbocycles. The quantitative estimate of drug-likeness (QED) is 0.586. The maximum atomic E-state index is 12.2. The van der Waals surface area contributed by atoms with Crippen LogP contribution in [0, 0.1) is 6.92 Å². The Morgan fingerprint density at radius 1 is 1.36 bits per heavy atom. The van der Waals surface area contributed by atoms with Crippen LogP contribution in [-0.4, -0.2) is 39.9 Å². The lowest BCUT2D eigenvalue weighted by molar-refractivity contribution is 0.0471. The van der Waals surface area contributed by atoms with Crippen LogP contribution in [-0.2, 0) is 16.1 Å². The summed E-state index contributed by atoms with van der Waals surface area (Å²) in [5.41, 5.74) is 0.783. The number of fused-ring (bicyclic) bond motifs is 1. The van der Waals surface area contributed by atoms with Crippen LogP contribution in [0.4, 0.5) is 0 Å². The number of aryl methyl sites for hydroxylation is 1. The van der Waals surface area contributed by atoms with Crippen LogP contribution in [0.1, 0.15) is 33.9 Å². The second-order valence-corrected chi connectivity index (χ2v) is 7.51. The molecule has 0 bridgehead atoms. The third kappa shape index (κ3) is 4.20. The molecule has 1 fully saturated rings. The minimum Gasteiger partial charge on any atom is -0.491 e. The van der Waals surface area contributed by atoms with Gasteiger partial charge in [-0.15, -0.1) is 0 Å². The van der Waals surface area contributed by atoms with Crippen molar-refractivity contribution in [3.05, 3.63) is 57.0 Å². The second kappa shape index (κ2) is 8.07. The molecule has 3 aromatic rings. The molecule has 0 spiro atoms. The fourth-order valence-corrected chi connectivity index (χ4v) is 3.74. The number of carbonyl (C=O) groups is 1. The summed E-state index contributed by atoms with van der Waals surface area (Å²) >= 11 is 1.22. The summed E-state index contributed by atoms with van der Waals surface area (Å²) in [6.45, 7) is 3.02. The van der Waals surface area contributed by atoms with E-state index in [9.17, 15) is 9.59 Å². The first-order chi connectivity index (χ1) is 13.6. The monoisotopic (exact) mass is 401 g/mol. The van der Waals surface area contributed by atoms with Gasteiger partial charge in [-0.3, -0.25) is 4.79 Å². The standard InChI is InChI=1S/C19H19N3O5S/c1-12-9-17(23)22-19(20-12)28-16(21-22)11-27-18(24)13-4-6-14(7-5-13)26-10-15-3-2-8-25-15/h4-7,9,15H,2-3,8,10-11H2,1H3. The first-order valence-electron chi connectivity index (χ1n) is 8.96. The molecular formula is C19H19N3O5S. The Kier molecular flexibility index (Phi) is 5.36. The van der Waals surface area contributed by atoms with Gasteiger partial charge in [-0.1, -0.05) is 11.3 Å². The van der Waals surface area contributed by atoms with Crippen molar-refractivity contribution in [2.45, 2.75) is 32.5 Å². The van der Waals surface area contributed by atoms with Crippen molar-refractivity contribution in [1.29, 1.82) is 0 Å². The van der Waals surface area contributed by atoms with Crippen molar-refractivity contribution in [2.75, 3.05) is 13.2 Å². The normalized spacial score (nSPS) is 16.4. The van der Waals surface area contributed by atoms with Crippen LogP contribution in [0.25, 0.3) is 4.96 Å². The summed E-state index contributed by atoms with van der Waals surface area (Å²) in [6, 6.07) is 8.18. The molecule has 1 unspecified atom stereocenters. The highest BCUT2D eigenvalue weighted by atomic mass is 32.1. The number of carbonyl (C=O) groups excluding carboxylic acids is 1. The number of aromatic nitrogens is 3. The molecule has 0 radical (unpaired) electrons. The second-order valence-electron chi connectivity index (χ2n) is 6.47. The first kappa shape index (κ1) is 18.6. The van der Waals surface area contributed by atoms with Crippen LogP contribution < -0.4 is 10.3 Å². The number of benzene rings is 1. The summed E-state index contributed by atoms with van der Waals surface area (Å²) < 4.78 is 17.7. The Hall–Kier alpha value is -2.78. The van der Waals surface area contributed by atoms with E-state index in [0.29, 0.717) is 33.6 Å². The number of nitrogens with zero attached hydrogens (tertiary/aromatic N) is 3. The largest absolute Gasteiger partial charge is 0.491 e. The van der Waals surface area contributed by atoms with Crippen LogP contribution in [0.15, 0.2) is 35.1 Å². The van der Waals surface area contributed by atoms with Crippen molar-refractivity contribution < 1.29 is 19.0 Å². The number of hydrogen-bond acceptors (Lipinski definition) is 8. The number of esters is 1. The number of hydrogen-bond donors (Lipinski definition) is 0.